The van der Waals surface area contributed by atoms with E-state index in [4.69, 9.17) is 0 Å². The molecule has 2 N–H and O–H groups in total. The highest BCUT2D eigenvalue weighted by molar-refractivity contribution is 5.75. The Bertz CT molecular complexity index is 627. The van der Waals surface area contributed by atoms with Crippen LogP contribution in [0.2, 0.25) is 0 Å². The van der Waals surface area contributed by atoms with Crippen LogP contribution < -0.4 is 0 Å². The molecule has 4 nitrogen and oxygen atoms in total. The zero-order chi connectivity index (χ0) is 15.0. The van der Waals surface area contributed by atoms with Crippen molar-refractivity contribution in [2.45, 2.75) is 50.7 Å². The molecule has 0 saturated heterocycles. The number of benzene rings is 1. The second kappa shape index (κ2) is 5.43. The minimum atomic E-state index is -0.954. The molecule has 1 unspecified atom stereocenters. The van der Waals surface area contributed by atoms with E-state index in [1.165, 1.54) is 0 Å². The smallest absolute Gasteiger partial charge is 0.112 e. The number of rotatable bonds is 3. The van der Waals surface area contributed by atoms with Gasteiger partial charge in [-0.2, -0.15) is 0 Å². The molecular weight excluding hydrogens is 264 g/mol. The van der Waals surface area contributed by atoms with Crippen LogP contribution in [0.1, 0.15) is 38.4 Å². The van der Waals surface area contributed by atoms with Gasteiger partial charge in [0.1, 0.15) is 5.82 Å². The lowest BCUT2D eigenvalue weighted by atomic mass is 9.76. The third-order valence-electron chi connectivity index (χ3n) is 5.02. The van der Waals surface area contributed by atoms with Gasteiger partial charge in [-0.05, 0) is 43.7 Å². The number of fused-ring (bicyclic) bond motifs is 1. The Balaban J connectivity index is 1.80. The minimum Gasteiger partial charge on any atom is -0.390 e. The fourth-order valence-corrected chi connectivity index (χ4v) is 3.34. The van der Waals surface area contributed by atoms with Crippen molar-refractivity contribution in [2.75, 3.05) is 0 Å². The van der Waals surface area contributed by atoms with Gasteiger partial charge in [0, 0.05) is 13.5 Å². The van der Waals surface area contributed by atoms with Gasteiger partial charge in [-0.25, -0.2) is 4.98 Å². The Morgan fingerprint density at radius 1 is 1.33 bits per heavy atom. The lowest BCUT2D eigenvalue weighted by Crippen LogP contribution is -2.46. The first-order valence-electron chi connectivity index (χ1n) is 7.80. The third kappa shape index (κ3) is 2.70. The van der Waals surface area contributed by atoms with Crippen molar-refractivity contribution in [2.24, 2.45) is 13.0 Å². The highest BCUT2D eigenvalue weighted by Gasteiger charge is 2.39. The monoisotopic (exact) mass is 288 g/mol. The van der Waals surface area contributed by atoms with Gasteiger partial charge < -0.3 is 14.8 Å². The molecule has 2 aromatic rings. The molecule has 0 spiro atoms. The highest BCUT2D eigenvalue weighted by Crippen LogP contribution is 2.35. The first-order chi connectivity index (χ1) is 9.99. The van der Waals surface area contributed by atoms with Crippen LogP contribution in [0.15, 0.2) is 24.3 Å². The second-order valence-electron chi connectivity index (χ2n) is 6.58. The van der Waals surface area contributed by atoms with Gasteiger partial charge in [0.15, 0.2) is 0 Å². The Hall–Kier alpha value is -1.39. The van der Waals surface area contributed by atoms with Crippen molar-refractivity contribution in [3.8, 4) is 0 Å². The van der Waals surface area contributed by atoms with Gasteiger partial charge in [0.25, 0.3) is 0 Å². The van der Waals surface area contributed by atoms with Crippen LogP contribution in [0.5, 0.6) is 0 Å². The Kier molecular flexibility index (Phi) is 3.76. The second-order valence-corrected chi connectivity index (χ2v) is 6.58. The van der Waals surface area contributed by atoms with Gasteiger partial charge in [-0.3, -0.25) is 0 Å². The van der Waals surface area contributed by atoms with Crippen molar-refractivity contribution in [1.82, 2.24) is 9.55 Å². The van der Waals surface area contributed by atoms with Crippen molar-refractivity contribution in [1.29, 1.82) is 0 Å². The summed E-state index contributed by atoms with van der Waals surface area (Å²) in [7, 11) is 1.96. The molecular formula is C17H24N2O2. The van der Waals surface area contributed by atoms with E-state index in [-0.39, 0.29) is 0 Å². The summed E-state index contributed by atoms with van der Waals surface area (Å²) in [6.45, 7) is 2.21. The van der Waals surface area contributed by atoms with E-state index < -0.39 is 11.7 Å². The zero-order valence-corrected chi connectivity index (χ0v) is 12.8. The van der Waals surface area contributed by atoms with Crippen LogP contribution >= 0.6 is 0 Å². The molecule has 21 heavy (non-hydrogen) atoms. The van der Waals surface area contributed by atoms with Gasteiger partial charge in [-0.15, -0.1) is 0 Å². The van der Waals surface area contributed by atoms with Gasteiger partial charge in [-0.1, -0.05) is 19.1 Å². The molecule has 1 aromatic heterocycles. The maximum Gasteiger partial charge on any atom is 0.112 e. The molecule has 1 atom stereocenters. The minimum absolute atomic E-state index is 0.399. The maximum atomic E-state index is 10.7. The highest BCUT2D eigenvalue weighted by atomic mass is 16.3. The molecule has 4 heteroatoms. The maximum absolute atomic E-state index is 10.7. The van der Waals surface area contributed by atoms with Crippen LogP contribution in [0.25, 0.3) is 11.0 Å². The van der Waals surface area contributed by atoms with E-state index in [2.05, 4.69) is 11.9 Å². The van der Waals surface area contributed by atoms with E-state index in [0.29, 0.717) is 25.2 Å². The van der Waals surface area contributed by atoms with Crippen molar-refractivity contribution in [3.05, 3.63) is 30.1 Å². The Morgan fingerprint density at radius 3 is 2.67 bits per heavy atom. The van der Waals surface area contributed by atoms with E-state index in [9.17, 15) is 10.2 Å². The number of imidazole rings is 1. The molecule has 0 radical (unpaired) electrons. The summed E-state index contributed by atoms with van der Waals surface area (Å²) < 4.78 is 2.01. The average molecular weight is 288 g/mol. The predicted molar refractivity (Wildman–Crippen MR) is 83.0 cm³/mol. The molecule has 1 aromatic carbocycles. The fraction of sp³-hybridized carbons (Fsp3) is 0.588. The quantitative estimate of drug-likeness (QED) is 0.912. The number of hydrogen-bond donors (Lipinski definition) is 2. The summed E-state index contributed by atoms with van der Waals surface area (Å²) >= 11 is 0. The standard InChI is InChI=1S/C17H24N2O2/c1-12-7-9-17(21,10-8-12)15(20)11-16-18-13-5-3-4-6-14(13)19(16)2/h3-6,12,15,20-21H,7-11H2,1-2H3. The lowest BCUT2D eigenvalue weighted by Gasteiger charge is -2.38. The van der Waals surface area contributed by atoms with E-state index in [0.717, 1.165) is 29.7 Å². The molecule has 0 bridgehead atoms. The van der Waals surface area contributed by atoms with Crippen LogP contribution in [0.3, 0.4) is 0 Å². The van der Waals surface area contributed by atoms with Crippen molar-refractivity contribution in [3.63, 3.8) is 0 Å². The molecule has 0 amide bonds. The number of para-hydroxylation sites is 2. The Morgan fingerprint density at radius 2 is 2.00 bits per heavy atom. The number of aromatic nitrogens is 2. The van der Waals surface area contributed by atoms with E-state index in [1.54, 1.807) is 0 Å². The first-order valence-corrected chi connectivity index (χ1v) is 7.80. The molecule has 1 fully saturated rings. The van der Waals surface area contributed by atoms with Crippen LogP contribution in [-0.2, 0) is 13.5 Å². The number of nitrogens with zero attached hydrogens (tertiary/aromatic N) is 2. The number of aryl methyl sites for hydroxylation is 1. The SMILES string of the molecule is CC1CCC(O)(C(O)Cc2nc3ccccc3n2C)CC1. The molecule has 1 heterocycles. The largest absolute Gasteiger partial charge is 0.390 e. The number of aliphatic hydroxyl groups excluding tert-OH is 1. The van der Waals surface area contributed by atoms with Crippen molar-refractivity contribution >= 4 is 11.0 Å². The van der Waals surface area contributed by atoms with E-state index in [1.807, 2.05) is 35.9 Å². The zero-order valence-electron chi connectivity index (χ0n) is 12.8. The predicted octanol–water partition coefficient (Wildman–Crippen LogP) is 2.42. The molecule has 0 aliphatic heterocycles. The third-order valence-corrected chi connectivity index (χ3v) is 5.02. The van der Waals surface area contributed by atoms with Gasteiger partial charge in [0.2, 0.25) is 0 Å². The number of hydrogen-bond acceptors (Lipinski definition) is 3. The number of aliphatic hydroxyl groups is 2. The van der Waals surface area contributed by atoms with Crippen LogP contribution in [0, 0.1) is 5.92 Å². The summed E-state index contributed by atoms with van der Waals surface area (Å²) in [5.41, 5.74) is 1.04. The Labute approximate surface area is 125 Å². The van der Waals surface area contributed by atoms with Crippen LogP contribution in [0.4, 0.5) is 0 Å². The van der Waals surface area contributed by atoms with Crippen LogP contribution in [-0.4, -0.2) is 31.5 Å². The molecule has 1 saturated carbocycles. The molecule has 114 valence electrons. The van der Waals surface area contributed by atoms with E-state index >= 15 is 0 Å². The summed E-state index contributed by atoms with van der Waals surface area (Å²) in [4.78, 5) is 4.58. The molecule has 1 aliphatic carbocycles. The summed E-state index contributed by atoms with van der Waals surface area (Å²) in [5, 5.41) is 21.2. The first kappa shape index (κ1) is 14.5. The average Bonchev–Trinajstić information content (AvgIpc) is 2.79. The summed E-state index contributed by atoms with van der Waals surface area (Å²) in [5.74, 6) is 1.48. The molecule has 3 rings (SSSR count). The van der Waals surface area contributed by atoms with Crippen molar-refractivity contribution < 1.29 is 10.2 Å². The van der Waals surface area contributed by atoms with Gasteiger partial charge in [0.05, 0.1) is 22.7 Å². The summed E-state index contributed by atoms with van der Waals surface area (Å²) in [6.07, 6.45) is 2.97. The van der Waals surface area contributed by atoms with Gasteiger partial charge >= 0.3 is 0 Å². The fourth-order valence-electron chi connectivity index (χ4n) is 3.34. The molecule has 1 aliphatic rings. The lowest BCUT2D eigenvalue weighted by molar-refractivity contribution is -0.103. The normalized spacial score (nSPS) is 27.9. The summed E-state index contributed by atoms with van der Waals surface area (Å²) in [6, 6.07) is 7.95. The topological polar surface area (TPSA) is 58.3 Å².